The summed E-state index contributed by atoms with van der Waals surface area (Å²) in [6, 6.07) is 30.2. The van der Waals surface area contributed by atoms with E-state index in [1.54, 1.807) is 80.3 Å². The third-order valence-corrected chi connectivity index (χ3v) is 16.9. The van der Waals surface area contributed by atoms with Crippen LogP contribution in [0.3, 0.4) is 0 Å². The molecular formula is C69H73Cl2N15O5. The molecule has 0 bridgehead atoms. The van der Waals surface area contributed by atoms with Gasteiger partial charge in [-0.15, -0.1) is 0 Å². The van der Waals surface area contributed by atoms with Gasteiger partial charge in [-0.05, 0) is 197 Å². The van der Waals surface area contributed by atoms with E-state index >= 15 is 0 Å². The van der Waals surface area contributed by atoms with E-state index in [-0.39, 0.29) is 34.5 Å². The summed E-state index contributed by atoms with van der Waals surface area (Å²) in [6.45, 7) is 14.1. The first-order chi connectivity index (χ1) is 43.6. The summed E-state index contributed by atoms with van der Waals surface area (Å²) in [7, 11) is 9.44. The Morgan fingerprint density at radius 2 is 0.901 bits per heavy atom. The van der Waals surface area contributed by atoms with Gasteiger partial charge in [-0.3, -0.25) is 14.4 Å². The van der Waals surface area contributed by atoms with Crippen LogP contribution in [0.2, 0.25) is 10.0 Å². The lowest BCUT2D eigenvalue weighted by molar-refractivity contribution is 0.101. The number of carbonyl (C=O) groups excluding carboxylic acids is 3. The minimum Gasteiger partial charge on any atom is -0.497 e. The molecule has 0 aliphatic carbocycles. The van der Waals surface area contributed by atoms with Crippen LogP contribution in [0.25, 0.3) is 33.8 Å². The van der Waals surface area contributed by atoms with Gasteiger partial charge in [-0.1, -0.05) is 35.3 Å². The number of methoxy groups -OCH3 is 2. The molecular weight excluding hydrogens is 1190 g/mol. The number of amides is 3. The molecule has 0 unspecified atom stereocenters. The average Bonchev–Trinajstić information content (AvgIpc) is 0.902. The van der Waals surface area contributed by atoms with Crippen molar-refractivity contribution in [2.24, 2.45) is 0 Å². The number of nitrogens with zero attached hydrogens (tertiary/aromatic N) is 9. The number of fused-ring (bicyclic) bond motifs is 3. The van der Waals surface area contributed by atoms with Crippen molar-refractivity contribution in [3.05, 3.63) is 198 Å². The van der Waals surface area contributed by atoms with Crippen molar-refractivity contribution < 1.29 is 23.9 Å². The zero-order valence-electron chi connectivity index (χ0n) is 52.4. The number of nitrogens with two attached hydrogens (primary N) is 3. The Morgan fingerprint density at radius 3 is 1.31 bits per heavy atom. The van der Waals surface area contributed by atoms with Gasteiger partial charge in [-0.2, -0.15) is 0 Å². The number of aryl methyl sites for hydroxylation is 4. The average molecular weight is 1260 g/mol. The van der Waals surface area contributed by atoms with Gasteiger partial charge in [-0.25, -0.2) is 29.9 Å². The van der Waals surface area contributed by atoms with Gasteiger partial charge in [0.15, 0.2) is 34.5 Å². The highest BCUT2D eigenvalue weighted by Crippen LogP contribution is 2.34. The van der Waals surface area contributed by atoms with Crippen LogP contribution in [0, 0.1) is 27.7 Å². The first-order valence-corrected chi connectivity index (χ1v) is 30.4. The number of halogens is 2. The van der Waals surface area contributed by atoms with E-state index in [4.69, 9.17) is 49.9 Å². The second-order valence-corrected chi connectivity index (χ2v) is 24.0. The standard InChI is InChI=1S/C23H24ClN5O2.C23H24ClN5O.C23H25N5O2/c1-13-8-14(9-15-12-29(2)7-6-17(13)15)19-11-26-22(25)21(28-19)23(30)27-16-4-5-18(24)20(10-16)31-3;1-13-4-5-19(18(24)8-13)28-23(30)21-22(25)26-11-20(27-21)15-9-14(2)17-6-7-29(3)12-16(17)10-15;1-14-9-15(10-16-13-28(2)8-7-19(14)16)20-12-25-22(24)21(27-20)23(29)26-17-5-4-6-18(11-17)30-3/h4-5,8-11H,6-7,12H2,1-3H3,(H2,25,26)(H,27,30);4-5,8-11H,6-7,12H2,1-3H3,(H2,25,26)(H,28,30);4-6,9-12H,7-8,13H2,1-3H3,(H2,24,25)(H,26,29). The molecule has 0 saturated carbocycles. The lowest BCUT2D eigenvalue weighted by Crippen LogP contribution is -2.27. The Kier molecular flexibility index (Phi) is 19.9. The molecule has 0 saturated heterocycles. The maximum atomic E-state index is 12.9. The number of aromatic nitrogens is 6. The SMILES string of the molecule is COc1cc(NC(=O)c2nc(-c3cc(C)c4c(c3)CN(C)CC4)cnc2N)ccc1Cl.COc1cccc(NC(=O)c2nc(-c3cc(C)c4c(c3)CN(C)CC4)cnc2N)c1.Cc1ccc(NC(=O)c2nc(-c3cc(C)c4c(c3)CN(C)CC4)cnc2N)c(Cl)c1. The van der Waals surface area contributed by atoms with E-state index in [1.165, 1.54) is 57.2 Å². The molecule has 6 aromatic carbocycles. The summed E-state index contributed by atoms with van der Waals surface area (Å²) in [5, 5.41) is 9.28. The number of likely N-dealkylation sites (N-methyl/N-ethyl adjacent to an activating group) is 3. The van der Waals surface area contributed by atoms with E-state index in [0.29, 0.717) is 55.7 Å². The Hall–Kier alpha value is -9.57. The van der Waals surface area contributed by atoms with E-state index < -0.39 is 17.7 Å². The van der Waals surface area contributed by atoms with Crippen molar-refractivity contribution in [3.63, 3.8) is 0 Å². The predicted molar refractivity (Wildman–Crippen MR) is 361 cm³/mol. The molecule has 0 fully saturated rings. The fourth-order valence-corrected chi connectivity index (χ4v) is 11.9. The molecule has 91 heavy (non-hydrogen) atoms. The Labute approximate surface area is 539 Å². The molecule has 3 amide bonds. The van der Waals surface area contributed by atoms with Gasteiger partial charge in [0, 0.05) is 79.5 Å². The summed E-state index contributed by atoms with van der Waals surface area (Å²) in [6.07, 6.45) is 7.94. The third-order valence-electron chi connectivity index (χ3n) is 16.3. The molecule has 9 aromatic rings. The van der Waals surface area contributed by atoms with Gasteiger partial charge in [0.1, 0.15) is 11.5 Å². The van der Waals surface area contributed by atoms with Crippen molar-refractivity contribution in [2.45, 2.75) is 66.6 Å². The predicted octanol–water partition coefficient (Wildman–Crippen LogP) is 11.5. The summed E-state index contributed by atoms with van der Waals surface area (Å²) in [4.78, 5) is 71.7. The zero-order valence-corrected chi connectivity index (χ0v) is 53.9. The molecule has 22 heteroatoms. The van der Waals surface area contributed by atoms with Crippen molar-refractivity contribution in [3.8, 4) is 45.3 Å². The fraction of sp³-hybridized carbons (Fsp3) is 0.261. The van der Waals surface area contributed by atoms with Crippen molar-refractivity contribution >= 4 is 75.4 Å². The Bertz CT molecular complexity index is 4280. The Balaban J connectivity index is 0.000000150. The number of hydrogen-bond donors (Lipinski definition) is 6. The molecule has 6 heterocycles. The van der Waals surface area contributed by atoms with Crippen LogP contribution in [0.1, 0.15) is 87.1 Å². The van der Waals surface area contributed by atoms with Gasteiger partial charge in [0.25, 0.3) is 17.7 Å². The number of anilines is 6. The minimum atomic E-state index is -0.453. The molecule has 20 nitrogen and oxygen atoms in total. The normalized spacial score (nSPS) is 13.6. The highest BCUT2D eigenvalue weighted by Gasteiger charge is 2.24. The summed E-state index contributed by atoms with van der Waals surface area (Å²) in [5.74, 6) is 0.0353. The van der Waals surface area contributed by atoms with E-state index in [0.717, 1.165) is 80.8 Å². The molecule has 3 aliphatic heterocycles. The van der Waals surface area contributed by atoms with Gasteiger partial charge < -0.3 is 57.3 Å². The van der Waals surface area contributed by atoms with Crippen LogP contribution < -0.4 is 42.6 Å². The van der Waals surface area contributed by atoms with E-state index in [1.807, 2.05) is 13.0 Å². The quantitative estimate of drug-likeness (QED) is 0.0702. The van der Waals surface area contributed by atoms with E-state index in [2.05, 4.69) is 139 Å². The first-order valence-electron chi connectivity index (χ1n) is 29.6. The molecule has 3 aliphatic rings. The van der Waals surface area contributed by atoms with E-state index in [9.17, 15) is 14.4 Å². The molecule has 9 N–H and O–H groups in total. The second kappa shape index (κ2) is 28.1. The number of carbonyl (C=O) groups is 3. The van der Waals surface area contributed by atoms with Crippen LogP contribution in [-0.4, -0.2) is 117 Å². The summed E-state index contributed by atoms with van der Waals surface area (Å²) in [5.41, 5.74) is 37.1. The highest BCUT2D eigenvalue weighted by molar-refractivity contribution is 6.34. The maximum absolute atomic E-state index is 12.9. The number of hydrogen-bond acceptors (Lipinski definition) is 17. The smallest absolute Gasteiger partial charge is 0.278 e. The van der Waals surface area contributed by atoms with Crippen LogP contribution in [-0.2, 0) is 38.9 Å². The van der Waals surface area contributed by atoms with Gasteiger partial charge >= 0.3 is 0 Å². The van der Waals surface area contributed by atoms with Crippen molar-refractivity contribution in [1.82, 2.24) is 44.6 Å². The molecule has 468 valence electrons. The van der Waals surface area contributed by atoms with Crippen LogP contribution in [0.4, 0.5) is 34.5 Å². The molecule has 0 radical (unpaired) electrons. The number of nitrogen functional groups attached to an aromatic ring is 3. The largest absolute Gasteiger partial charge is 0.497 e. The molecule has 0 atom stereocenters. The van der Waals surface area contributed by atoms with Crippen molar-refractivity contribution in [2.75, 3.05) is 88.1 Å². The van der Waals surface area contributed by atoms with Gasteiger partial charge in [0.2, 0.25) is 0 Å². The summed E-state index contributed by atoms with van der Waals surface area (Å²) < 4.78 is 10.4. The topological polar surface area (TPSA) is 271 Å². The van der Waals surface area contributed by atoms with Gasteiger partial charge in [0.05, 0.1) is 65.6 Å². The fourth-order valence-electron chi connectivity index (χ4n) is 11.5. The first kappa shape index (κ1) is 64.4. The molecule has 3 aromatic heterocycles. The number of ether oxygens (including phenoxy) is 2. The number of rotatable bonds is 11. The third kappa shape index (κ3) is 15.2. The minimum absolute atomic E-state index is 0.0663. The van der Waals surface area contributed by atoms with Crippen molar-refractivity contribution in [1.29, 1.82) is 0 Å². The Morgan fingerprint density at radius 1 is 0.484 bits per heavy atom. The van der Waals surface area contributed by atoms with Crippen LogP contribution in [0.15, 0.2) is 116 Å². The second-order valence-electron chi connectivity index (χ2n) is 23.2. The van der Waals surface area contributed by atoms with Crippen LogP contribution in [0.5, 0.6) is 11.5 Å². The highest BCUT2D eigenvalue weighted by atomic mass is 35.5. The number of nitrogens with one attached hydrogen (secondary N) is 3. The van der Waals surface area contributed by atoms with Crippen LogP contribution >= 0.6 is 23.2 Å². The monoisotopic (exact) mass is 1260 g/mol. The zero-order chi connectivity index (χ0) is 64.8. The number of benzene rings is 6. The maximum Gasteiger partial charge on any atom is 0.278 e. The molecule has 0 spiro atoms. The molecule has 12 rings (SSSR count). The summed E-state index contributed by atoms with van der Waals surface area (Å²) >= 11 is 12.3. The lowest BCUT2D eigenvalue weighted by Gasteiger charge is -2.27. The lowest BCUT2D eigenvalue weighted by atomic mass is 9.92.